The number of carbonyl (C=O) groups excluding carboxylic acids is 2. The fraction of sp³-hybridized carbons (Fsp3) is 0.556. The third-order valence-corrected chi connectivity index (χ3v) is 3.91. The molecule has 1 rings (SSSR count). The van der Waals surface area contributed by atoms with Crippen molar-refractivity contribution in [3.05, 3.63) is 29.8 Å². The van der Waals surface area contributed by atoms with Crippen molar-refractivity contribution in [3.63, 3.8) is 0 Å². The van der Waals surface area contributed by atoms with E-state index in [9.17, 15) is 9.59 Å². The van der Waals surface area contributed by atoms with E-state index in [1.54, 1.807) is 32.9 Å². The first-order chi connectivity index (χ1) is 10.8. The second-order valence-corrected chi connectivity index (χ2v) is 6.24. The summed E-state index contributed by atoms with van der Waals surface area (Å²) >= 11 is 0. The molecule has 23 heavy (non-hydrogen) atoms. The predicted molar refractivity (Wildman–Crippen MR) is 91.2 cm³/mol. The summed E-state index contributed by atoms with van der Waals surface area (Å²) in [5.41, 5.74) is -0.115. The van der Waals surface area contributed by atoms with Gasteiger partial charge in [0.05, 0.1) is 7.11 Å². The second-order valence-electron chi connectivity index (χ2n) is 6.24. The lowest BCUT2D eigenvalue weighted by Gasteiger charge is -2.28. The normalized spacial score (nSPS) is 11.0. The molecule has 128 valence electrons. The maximum Gasteiger partial charge on any atom is 0.237 e. The van der Waals surface area contributed by atoms with E-state index in [-0.39, 0.29) is 11.8 Å². The molecule has 0 aliphatic rings. The maximum absolute atomic E-state index is 12.5. The van der Waals surface area contributed by atoms with Gasteiger partial charge in [-0.25, -0.2) is 0 Å². The van der Waals surface area contributed by atoms with Crippen LogP contribution in [0.4, 0.5) is 0 Å². The third-order valence-electron chi connectivity index (χ3n) is 3.91. The highest BCUT2D eigenvalue weighted by atomic mass is 16.5. The van der Waals surface area contributed by atoms with Crippen molar-refractivity contribution in [1.82, 2.24) is 10.2 Å². The largest absolute Gasteiger partial charge is 0.497 e. The summed E-state index contributed by atoms with van der Waals surface area (Å²) in [6, 6.07) is 7.47. The standard InChI is InChI=1S/C18H28N2O3/c1-6-7-12-20(4)17(22)18(2,3)16(21)19-13-14-8-10-15(23-5)11-9-14/h8-11H,6-7,12-13H2,1-5H3,(H,19,21). The highest BCUT2D eigenvalue weighted by Gasteiger charge is 2.37. The van der Waals surface area contributed by atoms with Crippen LogP contribution in [0.25, 0.3) is 0 Å². The van der Waals surface area contributed by atoms with Crippen molar-refractivity contribution in [2.75, 3.05) is 20.7 Å². The smallest absolute Gasteiger partial charge is 0.237 e. The molecular weight excluding hydrogens is 292 g/mol. The van der Waals surface area contributed by atoms with E-state index in [0.29, 0.717) is 13.1 Å². The minimum Gasteiger partial charge on any atom is -0.497 e. The van der Waals surface area contributed by atoms with Gasteiger partial charge in [-0.3, -0.25) is 9.59 Å². The molecule has 0 saturated carbocycles. The zero-order valence-corrected chi connectivity index (χ0v) is 14.8. The Morgan fingerprint density at radius 3 is 2.35 bits per heavy atom. The van der Waals surface area contributed by atoms with Crippen LogP contribution >= 0.6 is 0 Å². The maximum atomic E-state index is 12.5. The number of nitrogens with one attached hydrogen (secondary N) is 1. The molecule has 0 bridgehead atoms. The number of unbranched alkanes of at least 4 members (excludes halogenated alkanes) is 1. The Morgan fingerprint density at radius 1 is 1.22 bits per heavy atom. The molecule has 0 aliphatic carbocycles. The molecule has 2 amide bonds. The quantitative estimate of drug-likeness (QED) is 0.749. The van der Waals surface area contributed by atoms with Crippen molar-refractivity contribution in [1.29, 1.82) is 0 Å². The van der Waals surface area contributed by atoms with Crippen molar-refractivity contribution in [3.8, 4) is 5.75 Å². The van der Waals surface area contributed by atoms with E-state index in [1.807, 2.05) is 24.3 Å². The van der Waals surface area contributed by atoms with E-state index in [2.05, 4.69) is 12.2 Å². The lowest BCUT2D eigenvalue weighted by Crippen LogP contribution is -2.48. The zero-order valence-electron chi connectivity index (χ0n) is 14.8. The molecule has 0 radical (unpaired) electrons. The molecule has 0 heterocycles. The Labute approximate surface area is 139 Å². The van der Waals surface area contributed by atoms with Gasteiger partial charge >= 0.3 is 0 Å². The molecule has 0 fully saturated rings. The first-order valence-corrected chi connectivity index (χ1v) is 7.99. The number of hydrogen-bond donors (Lipinski definition) is 1. The van der Waals surface area contributed by atoms with Gasteiger partial charge in [-0.1, -0.05) is 25.5 Å². The fourth-order valence-electron chi connectivity index (χ4n) is 2.22. The predicted octanol–water partition coefficient (Wildman–Crippen LogP) is 2.60. The third kappa shape index (κ3) is 5.27. The molecule has 0 unspecified atom stereocenters. The number of nitrogens with zero attached hydrogens (tertiary/aromatic N) is 1. The summed E-state index contributed by atoms with van der Waals surface area (Å²) in [4.78, 5) is 26.5. The summed E-state index contributed by atoms with van der Waals surface area (Å²) in [6.07, 6.45) is 1.95. The van der Waals surface area contributed by atoms with Crippen molar-refractivity contribution >= 4 is 11.8 Å². The summed E-state index contributed by atoms with van der Waals surface area (Å²) in [5.74, 6) is 0.355. The monoisotopic (exact) mass is 320 g/mol. The lowest BCUT2D eigenvalue weighted by atomic mass is 9.90. The van der Waals surface area contributed by atoms with Crippen molar-refractivity contribution in [2.24, 2.45) is 5.41 Å². The fourth-order valence-corrected chi connectivity index (χ4v) is 2.22. The topological polar surface area (TPSA) is 58.6 Å². The molecule has 0 atom stereocenters. The molecule has 5 nitrogen and oxygen atoms in total. The molecule has 0 spiro atoms. The van der Waals surface area contributed by atoms with Gasteiger partial charge in [-0.05, 0) is 38.0 Å². The van der Waals surface area contributed by atoms with E-state index < -0.39 is 5.41 Å². The highest BCUT2D eigenvalue weighted by molar-refractivity contribution is 6.04. The van der Waals surface area contributed by atoms with Crippen LogP contribution in [0.5, 0.6) is 5.75 Å². The van der Waals surface area contributed by atoms with E-state index in [4.69, 9.17) is 4.74 Å². The Hall–Kier alpha value is -2.04. The van der Waals surface area contributed by atoms with Gasteiger partial charge in [0.1, 0.15) is 11.2 Å². The number of ether oxygens (including phenoxy) is 1. The molecule has 0 aromatic heterocycles. The molecule has 0 aliphatic heterocycles. The molecule has 1 aromatic rings. The van der Waals surface area contributed by atoms with E-state index in [0.717, 1.165) is 24.2 Å². The van der Waals surface area contributed by atoms with Crippen LogP contribution in [0.1, 0.15) is 39.2 Å². The van der Waals surface area contributed by atoms with Crippen LogP contribution in [-0.2, 0) is 16.1 Å². The number of rotatable bonds is 8. The van der Waals surface area contributed by atoms with Crippen LogP contribution in [0, 0.1) is 5.41 Å². The summed E-state index contributed by atoms with van der Waals surface area (Å²) in [7, 11) is 3.36. The average Bonchev–Trinajstić information content (AvgIpc) is 2.56. The van der Waals surface area contributed by atoms with E-state index in [1.165, 1.54) is 0 Å². The van der Waals surface area contributed by atoms with Gasteiger partial charge in [0.2, 0.25) is 11.8 Å². The Kier molecular flexibility index (Phi) is 7.07. The molecule has 1 N–H and O–H groups in total. The number of amides is 2. The number of carbonyl (C=O) groups is 2. The molecule has 0 saturated heterocycles. The summed E-state index contributed by atoms with van der Waals surface area (Å²) in [6.45, 7) is 6.47. The molecule has 1 aromatic carbocycles. The number of benzene rings is 1. The van der Waals surface area contributed by atoms with Crippen molar-refractivity contribution < 1.29 is 14.3 Å². The Bertz CT molecular complexity index is 524. The van der Waals surface area contributed by atoms with Gasteiger partial charge in [0.15, 0.2) is 0 Å². The number of methoxy groups -OCH3 is 1. The summed E-state index contributed by atoms with van der Waals surface area (Å²) < 4.78 is 5.10. The lowest BCUT2D eigenvalue weighted by molar-refractivity contribution is -0.147. The van der Waals surface area contributed by atoms with Gasteiger partial charge in [0, 0.05) is 20.1 Å². The average molecular weight is 320 g/mol. The molecular formula is C18H28N2O3. The van der Waals surface area contributed by atoms with E-state index >= 15 is 0 Å². The van der Waals surface area contributed by atoms with Gasteiger partial charge in [-0.15, -0.1) is 0 Å². The number of hydrogen-bond acceptors (Lipinski definition) is 3. The second kappa shape index (κ2) is 8.56. The van der Waals surface area contributed by atoms with Crippen molar-refractivity contribution in [2.45, 2.75) is 40.2 Å². The van der Waals surface area contributed by atoms with Gasteiger partial charge < -0.3 is 15.0 Å². The highest BCUT2D eigenvalue weighted by Crippen LogP contribution is 2.19. The van der Waals surface area contributed by atoms with Crippen LogP contribution in [0.3, 0.4) is 0 Å². The van der Waals surface area contributed by atoms with Crippen LogP contribution in [-0.4, -0.2) is 37.4 Å². The van der Waals surface area contributed by atoms with Crippen LogP contribution in [0.15, 0.2) is 24.3 Å². The Morgan fingerprint density at radius 2 is 1.83 bits per heavy atom. The first kappa shape index (κ1) is 19.0. The van der Waals surface area contributed by atoms with Gasteiger partial charge in [0.25, 0.3) is 0 Å². The minimum atomic E-state index is -1.07. The SMILES string of the molecule is CCCCN(C)C(=O)C(C)(C)C(=O)NCc1ccc(OC)cc1. The summed E-state index contributed by atoms with van der Waals surface area (Å²) in [5, 5.41) is 2.84. The molecule has 5 heteroatoms. The zero-order chi connectivity index (χ0) is 17.5. The van der Waals surface area contributed by atoms with Gasteiger partial charge in [-0.2, -0.15) is 0 Å². The first-order valence-electron chi connectivity index (χ1n) is 7.99. The minimum absolute atomic E-state index is 0.154. The van der Waals surface area contributed by atoms with Crippen LogP contribution in [0.2, 0.25) is 0 Å². The van der Waals surface area contributed by atoms with Crippen LogP contribution < -0.4 is 10.1 Å². The Balaban J connectivity index is 2.61.